The molecule has 1 N–H and O–H groups in total. The molecule has 2 rings (SSSR count). The zero-order chi connectivity index (χ0) is 9.10. The predicted octanol–water partition coefficient (Wildman–Crippen LogP) is 1.63. The second-order valence-corrected chi connectivity index (χ2v) is 4.62. The molecule has 0 amide bonds. The quantitative estimate of drug-likeness (QED) is 0.658. The molecule has 13 heavy (non-hydrogen) atoms. The number of rotatable bonds is 2. The molecule has 1 saturated carbocycles. The Morgan fingerprint density at radius 3 is 2.46 bits per heavy atom. The van der Waals surface area contributed by atoms with Crippen LogP contribution in [0.5, 0.6) is 0 Å². The summed E-state index contributed by atoms with van der Waals surface area (Å²) in [6, 6.07) is 0. The SMILES string of the molecule is OC1CCCCCC1CN1CCC1. The van der Waals surface area contributed by atoms with Crippen LogP contribution in [0, 0.1) is 5.92 Å². The molecule has 0 aromatic carbocycles. The lowest BCUT2D eigenvalue weighted by molar-refractivity contribution is 0.0553. The highest BCUT2D eigenvalue weighted by molar-refractivity contribution is 4.79. The number of nitrogens with zero attached hydrogens (tertiary/aromatic N) is 1. The maximum Gasteiger partial charge on any atom is 0.0580 e. The second kappa shape index (κ2) is 4.43. The normalized spacial score (nSPS) is 36.7. The lowest BCUT2D eigenvalue weighted by atomic mass is 9.95. The second-order valence-electron chi connectivity index (χ2n) is 4.62. The van der Waals surface area contributed by atoms with Gasteiger partial charge in [-0.2, -0.15) is 0 Å². The first kappa shape index (κ1) is 9.47. The van der Waals surface area contributed by atoms with E-state index in [9.17, 15) is 5.11 Å². The molecule has 2 unspecified atom stereocenters. The summed E-state index contributed by atoms with van der Waals surface area (Å²) in [6.45, 7) is 3.69. The van der Waals surface area contributed by atoms with Crippen LogP contribution < -0.4 is 0 Å². The van der Waals surface area contributed by atoms with Gasteiger partial charge < -0.3 is 10.0 Å². The first-order valence-corrected chi connectivity index (χ1v) is 5.76. The minimum Gasteiger partial charge on any atom is -0.393 e. The van der Waals surface area contributed by atoms with Crippen molar-refractivity contribution >= 4 is 0 Å². The molecule has 2 aliphatic rings. The summed E-state index contributed by atoms with van der Waals surface area (Å²) in [5, 5.41) is 9.89. The van der Waals surface area contributed by atoms with Gasteiger partial charge in [0, 0.05) is 6.54 Å². The first-order chi connectivity index (χ1) is 6.36. The Balaban J connectivity index is 1.79. The number of aliphatic hydroxyl groups is 1. The van der Waals surface area contributed by atoms with Gasteiger partial charge in [-0.05, 0) is 38.3 Å². The summed E-state index contributed by atoms with van der Waals surface area (Å²) in [4.78, 5) is 2.49. The topological polar surface area (TPSA) is 23.5 Å². The average molecular weight is 183 g/mol. The Bertz CT molecular complexity index is 156. The van der Waals surface area contributed by atoms with Gasteiger partial charge in [0.25, 0.3) is 0 Å². The largest absolute Gasteiger partial charge is 0.393 e. The minimum atomic E-state index is -0.0110. The molecule has 0 spiro atoms. The highest BCUT2D eigenvalue weighted by Crippen LogP contribution is 2.25. The van der Waals surface area contributed by atoms with Gasteiger partial charge in [-0.3, -0.25) is 0 Å². The lowest BCUT2D eigenvalue weighted by Crippen LogP contribution is -2.42. The van der Waals surface area contributed by atoms with Crippen molar-refractivity contribution in [2.75, 3.05) is 19.6 Å². The fourth-order valence-electron chi connectivity index (χ4n) is 2.47. The summed E-state index contributed by atoms with van der Waals surface area (Å²) < 4.78 is 0. The third kappa shape index (κ3) is 2.44. The van der Waals surface area contributed by atoms with Crippen LogP contribution >= 0.6 is 0 Å². The van der Waals surface area contributed by atoms with Gasteiger partial charge in [-0.15, -0.1) is 0 Å². The highest BCUT2D eigenvalue weighted by atomic mass is 16.3. The molecule has 1 heterocycles. The van der Waals surface area contributed by atoms with Crippen molar-refractivity contribution in [3.8, 4) is 0 Å². The zero-order valence-electron chi connectivity index (χ0n) is 8.41. The predicted molar refractivity (Wildman–Crippen MR) is 53.6 cm³/mol. The standard InChI is InChI=1S/C11H21NO/c13-11-6-3-1-2-5-10(11)9-12-7-4-8-12/h10-11,13H,1-9H2. The van der Waals surface area contributed by atoms with Crippen molar-refractivity contribution in [1.29, 1.82) is 0 Å². The molecule has 0 bridgehead atoms. The van der Waals surface area contributed by atoms with Crippen molar-refractivity contribution in [3.05, 3.63) is 0 Å². The lowest BCUT2D eigenvalue weighted by Gasteiger charge is -2.35. The third-order valence-corrected chi connectivity index (χ3v) is 3.56. The summed E-state index contributed by atoms with van der Waals surface area (Å²) in [5.41, 5.74) is 0. The third-order valence-electron chi connectivity index (χ3n) is 3.56. The van der Waals surface area contributed by atoms with Crippen LogP contribution in [0.25, 0.3) is 0 Å². The number of hydrogen-bond donors (Lipinski definition) is 1. The van der Waals surface area contributed by atoms with E-state index in [-0.39, 0.29) is 6.10 Å². The molecule has 2 nitrogen and oxygen atoms in total. The summed E-state index contributed by atoms with van der Waals surface area (Å²) >= 11 is 0. The van der Waals surface area contributed by atoms with E-state index in [2.05, 4.69) is 4.90 Å². The van der Waals surface area contributed by atoms with Crippen LogP contribution in [0.2, 0.25) is 0 Å². The maximum atomic E-state index is 9.89. The van der Waals surface area contributed by atoms with E-state index in [1.807, 2.05) is 0 Å². The van der Waals surface area contributed by atoms with Crippen molar-refractivity contribution in [2.24, 2.45) is 5.92 Å². The molecule has 1 saturated heterocycles. The smallest absolute Gasteiger partial charge is 0.0580 e. The Morgan fingerprint density at radius 1 is 1.00 bits per heavy atom. The fraction of sp³-hybridized carbons (Fsp3) is 1.00. The Hall–Kier alpha value is -0.0800. The molecule has 2 heteroatoms. The van der Waals surface area contributed by atoms with Crippen LogP contribution in [0.15, 0.2) is 0 Å². The fourth-order valence-corrected chi connectivity index (χ4v) is 2.47. The number of likely N-dealkylation sites (tertiary alicyclic amines) is 1. The van der Waals surface area contributed by atoms with E-state index in [0.29, 0.717) is 5.92 Å². The van der Waals surface area contributed by atoms with Gasteiger partial charge in [-0.1, -0.05) is 19.3 Å². The molecule has 1 aliphatic heterocycles. The van der Waals surface area contributed by atoms with Crippen LogP contribution in [-0.4, -0.2) is 35.7 Å². The molecule has 0 aromatic heterocycles. The molecule has 0 aromatic rings. The van der Waals surface area contributed by atoms with Crippen molar-refractivity contribution in [2.45, 2.75) is 44.6 Å². The molecule has 76 valence electrons. The average Bonchev–Trinajstić information content (AvgIpc) is 2.23. The van der Waals surface area contributed by atoms with Crippen LogP contribution in [0.1, 0.15) is 38.5 Å². The molecule has 2 fully saturated rings. The Kier molecular flexibility index (Phi) is 3.23. The van der Waals surface area contributed by atoms with Crippen LogP contribution in [0.3, 0.4) is 0 Å². The van der Waals surface area contributed by atoms with E-state index in [1.165, 1.54) is 45.2 Å². The number of aliphatic hydroxyl groups excluding tert-OH is 1. The van der Waals surface area contributed by atoms with E-state index >= 15 is 0 Å². The Morgan fingerprint density at radius 2 is 1.77 bits per heavy atom. The minimum absolute atomic E-state index is 0.0110. The van der Waals surface area contributed by atoms with E-state index in [1.54, 1.807) is 0 Å². The van der Waals surface area contributed by atoms with Crippen LogP contribution in [-0.2, 0) is 0 Å². The van der Waals surface area contributed by atoms with E-state index < -0.39 is 0 Å². The van der Waals surface area contributed by atoms with Gasteiger partial charge >= 0.3 is 0 Å². The molecular formula is C11H21NO. The van der Waals surface area contributed by atoms with Gasteiger partial charge in [0.15, 0.2) is 0 Å². The molecule has 2 atom stereocenters. The van der Waals surface area contributed by atoms with Gasteiger partial charge in [0.1, 0.15) is 0 Å². The summed E-state index contributed by atoms with van der Waals surface area (Å²) in [6.07, 6.45) is 7.53. The van der Waals surface area contributed by atoms with Crippen molar-refractivity contribution in [1.82, 2.24) is 4.90 Å². The van der Waals surface area contributed by atoms with Crippen LogP contribution in [0.4, 0.5) is 0 Å². The van der Waals surface area contributed by atoms with E-state index in [4.69, 9.17) is 0 Å². The molecule has 0 radical (unpaired) electrons. The highest BCUT2D eigenvalue weighted by Gasteiger charge is 2.25. The zero-order valence-corrected chi connectivity index (χ0v) is 8.41. The maximum absolute atomic E-state index is 9.89. The van der Waals surface area contributed by atoms with Gasteiger partial charge in [0.2, 0.25) is 0 Å². The van der Waals surface area contributed by atoms with Gasteiger partial charge in [-0.25, -0.2) is 0 Å². The first-order valence-electron chi connectivity index (χ1n) is 5.76. The molecular weight excluding hydrogens is 162 g/mol. The summed E-state index contributed by atoms with van der Waals surface area (Å²) in [7, 11) is 0. The summed E-state index contributed by atoms with van der Waals surface area (Å²) in [5.74, 6) is 0.572. The van der Waals surface area contributed by atoms with E-state index in [0.717, 1.165) is 13.0 Å². The van der Waals surface area contributed by atoms with Crippen molar-refractivity contribution < 1.29 is 5.11 Å². The van der Waals surface area contributed by atoms with Gasteiger partial charge in [0.05, 0.1) is 6.10 Å². The Labute approximate surface area is 80.9 Å². The number of hydrogen-bond acceptors (Lipinski definition) is 2. The van der Waals surface area contributed by atoms with Crippen molar-refractivity contribution in [3.63, 3.8) is 0 Å². The monoisotopic (exact) mass is 183 g/mol. The molecule has 1 aliphatic carbocycles.